The Morgan fingerprint density at radius 2 is 2.05 bits per heavy atom. The smallest absolute Gasteiger partial charge is 0.201 e. The van der Waals surface area contributed by atoms with Crippen molar-refractivity contribution in [2.24, 2.45) is 5.92 Å². The number of ether oxygens (including phenoxy) is 1. The molecule has 1 heterocycles. The summed E-state index contributed by atoms with van der Waals surface area (Å²) in [4.78, 5) is 12.5. The largest absolute Gasteiger partial charge is 0.490 e. The van der Waals surface area contributed by atoms with Crippen molar-refractivity contribution in [2.75, 3.05) is 6.61 Å². The predicted molar refractivity (Wildman–Crippen MR) is 74.8 cm³/mol. The van der Waals surface area contributed by atoms with Gasteiger partial charge < -0.3 is 4.74 Å². The van der Waals surface area contributed by atoms with Gasteiger partial charge >= 0.3 is 0 Å². The van der Waals surface area contributed by atoms with E-state index in [0.29, 0.717) is 12.4 Å². The molecule has 0 saturated carbocycles. The van der Waals surface area contributed by atoms with E-state index in [1.807, 2.05) is 6.07 Å². The molecule has 1 aromatic rings. The van der Waals surface area contributed by atoms with Crippen molar-refractivity contribution in [3.05, 3.63) is 47.2 Å². The van der Waals surface area contributed by atoms with Gasteiger partial charge in [-0.05, 0) is 30.4 Å². The number of Topliss-reactive ketones (excluding diaryl/α,β-unsaturated/α-hetero) is 1. The standard InChI is InChI=1S/C17H20O2/c1-2-7-13-15(12-8-4-3-5-9-12)14-10-6-11-19-17(14)16(13)18/h3-5,8-9,13,15H,2,6-7,10-11H2,1H3/t13-,15-/m1/s1. The van der Waals surface area contributed by atoms with Crippen molar-refractivity contribution < 1.29 is 9.53 Å². The Kier molecular flexibility index (Phi) is 3.41. The molecule has 19 heavy (non-hydrogen) atoms. The second-order valence-corrected chi connectivity index (χ2v) is 5.45. The topological polar surface area (TPSA) is 26.3 Å². The molecule has 3 rings (SSSR count). The highest BCUT2D eigenvalue weighted by atomic mass is 16.5. The molecule has 1 aromatic carbocycles. The Bertz CT molecular complexity index is 501. The van der Waals surface area contributed by atoms with E-state index in [2.05, 4.69) is 31.2 Å². The first-order chi connectivity index (χ1) is 9.33. The second kappa shape index (κ2) is 5.20. The normalized spacial score (nSPS) is 26.3. The lowest BCUT2D eigenvalue weighted by Crippen LogP contribution is -2.17. The van der Waals surface area contributed by atoms with Crippen molar-refractivity contribution in [3.8, 4) is 0 Å². The molecule has 0 bridgehead atoms. The predicted octanol–water partition coefficient (Wildman–Crippen LogP) is 3.83. The van der Waals surface area contributed by atoms with Gasteiger partial charge in [0, 0.05) is 11.8 Å². The van der Waals surface area contributed by atoms with Crippen LogP contribution in [0.4, 0.5) is 0 Å². The summed E-state index contributed by atoms with van der Waals surface area (Å²) in [6.45, 7) is 2.85. The maximum atomic E-state index is 12.5. The first-order valence-electron chi connectivity index (χ1n) is 7.28. The van der Waals surface area contributed by atoms with Crippen molar-refractivity contribution >= 4 is 5.78 Å². The number of hydrogen-bond acceptors (Lipinski definition) is 2. The Morgan fingerprint density at radius 1 is 1.26 bits per heavy atom. The van der Waals surface area contributed by atoms with E-state index in [0.717, 1.165) is 25.7 Å². The zero-order valence-electron chi connectivity index (χ0n) is 11.4. The van der Waals surface area contributed by atoms with Gasteiger partial charge in [-0.1, -0.05) is 43.7 Å². The molecule has 1 aliphatic heterocycles. The van der Waals surface area contributed by atoms with Crippen LogP contribution in [-0.4, -0.2) is 12.4 Å². The quantitative estimate of drug-likeness (QED) is 0.821. The maximum Gasteiger partial charge on any atom is 0.201 e. The highest BCUT2D eigenvalue weighted by molar-refractivity contribution is 6.00. The van der Waals surface area contributed by atoms with E-state index in [9.17, 15) is 4.79 Å². The number of ketones is 1. The molecule has 0 amide bonds. The van der Waals surface area contributed by atoms with Crippen LogP contribution < -0.4 is 0 Å². The fourth-order valence-corrected chi connectivity index (χ4v) is 3.43. The summed E-state index contributed by atoms with van der Waals surface area (Å²) in [7, 11) is 0. The first-order valence-corrected chi connectivity index (χ1v) is 7.28. The van der Waals surface area contributed by atoms with Gasteiger partial charge in [0.2, 0.25) is 5.78 Å². The minimum absolute atomic E-state index is 0.0931. The van der Waals surface area contributed by atoms with Gasteiger partial charge in [-0.25, -0.2) is 0 Å². The van der Waals surface area contributed by atoms with Gasteiger partial charge in [0.1, 0.15) is 0 Å². The van der Waals surface area contributed by atoms with Gasteiger partial charge in [0.05, 0.1) is 6.61 Å². The van der Waals surface area contributed by atoms with E-state index >= 15 is 0 Å². The summed E-state index contributed by atoms with van der Waals surface area (Å²) in [5.74, 6) is 1.28. The number of hydrogen-bond donors (Lipinski definition) is 0. The van der Waals surface area contributed by atoms with Gasteiger partial charge in [0.15, 0.2) is 5.76 Å². The number of benzene rings is 1. The van der Waals surface area contributed by atoms with Crippen LogP contribution >= 0.6 is 0 Å². The molecule has 0 saturated heterocycles. The molecule has 0 unspecified atom stereocenters. The highest BCUT2D eigenvalue weighted by Crippen LogP contribution is 2.47. The maximum absolute atomic E-state index is 12.5. The van der Waals surface area contributed by atoms with Crippen molar-refractivity contribution in [2.45, 2.75) is 38.5 Å². The van der Waals surface area contributed by atoms with E-state index in [1.165, 1.54) is 11.1 Å². The molecule has 2 nitrogen and oxygen atoms in total. The van der Waals surface area contributed by atoms with Crippen LogP contribution in [-0.2, 0) is 9.53 Å². The summed E-state index contributed by atoms with van der Waals surface area (Å²) in [6, 6.07) is 10.4. The molecule has 2 heteroatoms. The molecule has 2 atom stereocenters. The third-order valence-corrected chi connectivity index (χ3v) is 4.23. The third-order valence-electron chi connectivity index (χ3n) is 4.23. The average Bonchev–Trinajstić information content (AvgIpc) is 2.74. The SMILES string of the molecule is CCC[C@H]1C(=O)C2=C(CCCO2)[C@@H]1c1ccccc1. The highest BCUT2D eigenvalue weighted by Gasteiger charge is 2.43. The average molecular weight is 256 g/mol. The lowest BCUT2D eigenvalue weighted by atomic mass is 9.81. The zero-order valence-corrected chi connectivity index (χ0v) is 11.4. The molecular formula is C17H20O2. The lowest BCUT2D eigenvalue weighted by Gasteiger charge is -2.22. The van der Waals surface area contributed by atoms with Crippen LogP contribution in [0, 0.1) is 5.92 Å². The van der Waals surface area contributed by atoms with Gasteiger partial charge in [-0.2, -0.15) is 0 Å². The van der Waals surface area contributed by atoms with E-state index in [-0.39, 0.29) is 17.6 Å². The van der Waals surface area contributed by atoms with Crippen LogP contribution in [0.25, 0.3) is 0 Å². The second-order valence-electron chi connectivity index (χ2n) is 5.45. The van der Waals surface area contributed by atoms with Crippen molar-refractivity contribution in [3.63, 3.8) is 0 Å². The summed E-state index contributed by atoms with van der Waals surface area (Å²) < 4.78 is 5.67. The van der Waals surface area contributed by atoms with Crippen molar-refractivity contribution in [1.82, 2.24) is 0 Å². The molecule has 0 N–H and O–H groups in total. The number of carbonyl (C=O) groups is 1. The fourth-order valence-electron chi connectivity index (χ4n) is 3.43. The Balaban J connectivity index is 2.02. The minimum atomic E-state index is 0.0931. The van der Waals surface area contributed by atoms with Gasteiger partial charge in [0.25, 0.3) is 0 Å². The summed E-state index contributed by atoms with van der Waals surface area (Å²) in [6.07, 6.45) is 4.05. The Labute approximate surface area is 114 Å². The third kappa shape index (κ3) is 2.09. The number of rotatable bonds is 3. The molecule has 0 aromatic heterocycles. The number of carbonyl (C=O) groups excluding carboxylic acids is 1. The first kappa shape index (κ1) is 12.5. The molecular weight excluding hydrogens is 236 g/mol. The van der Waals surface area contributed by atoms with E-state index in [4.69, 9.17) is 4.74 Å². The van der Waals surface area contributed by atoms with E-state index < -0.39 is 0 Å². The molecule has 1 aliphatic carbocycles. The van der Waals surface area contributed by atoms with Crippen LogP contribution in [0.15, 0.2) is 41.7 Å². The zero-order chi connectivity index (χ0) is 13.2. The minimum Gasteiger partial charge on any atom is -0.490 e. The number of allylic oxidation sites excluding steroid dienone is 2. The molecule has 0 radical (unpaired) electrons. The van der Waals surface area contributed by atoms with E-state index in [1.54, 1.807) is 0 Å². The molecule has 0 spiro atoms. The van der Waals surface area contributed by atoms with Gasteiger partial charge in [-0.3, -0.25) is 4.79 Å². The summed E-state index contributed by atoms with van der Waals surface area (Å²) >= 11 is 0. The van der Waals surface area contributed by atoms with Gasteiger partial charge in [-0.15, -0.1) is 0 Å². The van der Waals surface area contributed by atoms with Crippen LogP contribution in [0.3, 0.4) is 0 Å². The lowest BCUT2D eigenvalue weighted by molar-refractivity contribution is -0.122. The summed E-state index contributed by atoms with van der Waals surface area (Å²) in [5.41, 5.74) is 2.52. The molecule has 100 valence electrons. The Morgan fingerprint density at radius 3 is 2.79 bits per heavy atom. The van der Waals surface area contributed by atoms with Crippen molar-refractivity contribution in [1.29, 1.82) is 0 Å². The molecule has 2 aliphatic rings. The summed E-state index contributed by atoms with van der Waals surface area (Å²) in [5, 5.41) is 0. The van der Waals surface area contributed by atoms with Crippen LogP contribution in [0.5, 0.6) is 0 Å². The van der Waals surface area contributed by atoms with Crippen LogP contribution in [0.2, 0.25) is 0 Å². The van der Waals surface area contributed by atoms with Crippen LogP contribution in [0.1, 0.15) is 44.1 Å². The molecule has 0 fully saturated rings. The monoisotopic (exact) mass is 256 g/mol. The Hall–Kier alpha value is -1.57. The fraction of sp³-hybridized carbons (Fsp3) is 0.471.